The molecule has 0 radical (unpaired) electrons. The minimum absolute atomic E-state index is 0.0751. The van der Waals surface area contributed by atoms with Crippen molar-refractivity contribution in [2.75, 3.05) is 40.6 Å². The first-order chi connectivity index (χ1) is 23.8. The van der Waals surface area contributed by atoms with E-state index in [1.807, 2.05) is 18.2 Å². The third kappa shape index (κ3) is 8.19. The SMILES string of the molecule is COc1cc(-c2nccc(-c3cccc(-c4ccc(CNC5CCOCC5)c(OC)n4)c3C(F)(F)F)c2Cl)ccc1CNC1CCOCC1. The van der Waals surface area contributed by atoms with E-state index in [-0.39, 0.29) is 33.3 Å². The Morgan fingerprint density at radius 3 is 2.06 bits per heavy atom. The zero-order chi connectivity index (χ0) is 34.4. The second kappa shape index (κ2) is 15.9. The van der Waals surface area contributed by atoms with Gasteiger partial charge in [0.05, 0.1) is 36.2 Å². The number of aromatic nitrogens is 2. The van der Waals surface area contributed by atoms with E-state index in [0.717, 1.165) is 50.0 Å². The quantitative estimate of drug-likeness (QED) is 0.165. The van der Waals surface area contributed by atoms with Crippen molar-refractivity contribution < 1.29 is 32.1 Å². The second-order valence-electron chi connectivity index (χ2n) is 12.2. The fourth-order valence-electron chi connectivity index (χ4n) is 6.43. The van der Waals surface area contributed by atoms with Crippen molar-refractivity contribution in [3.05, 3.63) is 82.5 Å². The number of pyridine rings is 2. The maximum atomic E-state index is 15.0. The number of methoxy groups -OCH3 is 2. The zero-order valence-corrected chi connectivity index (χ0v) is 28.3. The second-order valence-corrected chi connectivity index (χ2v) is 12.6. The van der Waals surface area contributed by atoms with E-state index in [1.165, 1.54) is 31.5 Å². The summed E-state index contributed by atoms with van der Waals surface area (Å²) in [6.07, 6.45) is 0.412. The van der Waals surface area contributed by atoms with Crippen LogP contribution in [-0.4, -0.2) is 62.7 Å². The van der Waals surface area contributed by atoms with Gasteiger partial charge in [0.25, 0.3) is 0 Å². The Balaban J connectivity index is 1.32. The lowest BCUT2D eigenvalue weighted by Crippen LogP contribution is -2.34. The molecule has 0 saturated carbocycles. The Labute approximate surface area is 289 Å². The van der Waals surface area contributed by atoms with Gasteiger partial charge in [-0.15, -0.1) is 0 Å². The molecule has 2 fully saturated rings. The number of nitrogens with zero attached hydrogens (tertiary/aromatic N) is 2. The topological polar surface area (TPSA) is 86.8 Å². The molecule has 0 spiro atoms. The van der Waals surface area contributed by atoms with Gasteiger partial charge in [-0.2, -0.15) is 13.2 Å². The monoisotopic (exact) mass is 696 g/mol. The molecule has 4 heterocycles. The molecule has 2 aromatic heterocycles. The van der Waals surface area contributed by atoms with Crippen LogP contribution in [0.1, 0.15) is 42.4 Å². The molecule has 2 saturated heterocycles. The summed E-state index contributed by atoms with van der Waals surface area (Å²) in [5, 5.41) is 7.13. The highest BCUT2D eigenvalue weighted by molar-refractivity contribution is 6.35. The van der Waals surface area contributed by atoms with Crippen LogP contribution < -0.4 is 20.1 Å². The van der Waals surface area contributed by atoms with Gasteiger partial charge in [0, 0.05) is 85.6 Å². The maximum Gasteiger partial charge on any atom is 0.417 e. The molecule has 260 valence electrons. The van der Waals surface area contributed by atoms with E-state index in [4.69, 9.17) is 30.5 Å². The van der Waals surface area contributed by atoms with Crippen LogP contribution in [-0.2, 0) is 28.7 Å². The molecule has 4 aromatic rings. The van der Waals surface area contributed by atoms with Crippen molar-refractivity contribution in [1.29, 1.82) is 0 Å². The Morgan fingerprint density at radius 2 is 1.43 bits per heavy atom. The van der Waals surface area contributed by atoms with Crippen LogP contribution in [0.4, 0.5) is 13.2 Å². The van der Waals surface area contributed by atoms with Crippen molar-refractivity contribution in [3.8, 4) is 45.3 Å². The van der Waals surface area contributed by atoms with Crippen LogP contribution >= 0.6 is 11.6 Å². The molecule has 0 bridgehead atoms. The minimum atomic E-state index is -4.72. The lowest BCUT2D eigenvalue weighted by Gasteiger charge is -2.24. The molecule has 49 heavy (non-hydrogen) atoms. The van der Waals surface area contributed by atoms with Crippen LogP contribution in [0.2, 0.25) is 5.02 Å². The summed E-state index contributed by atoms with van der Waals surface area (Å²) in [4.78, 5) is 9.01. The largest absolute Gasteiger partial charge is 0.496 e. The van der Waals surface area contributed by atoms with Crippen molar-refractivity contribution in [2.45, 2.75) is 57.0 Å². The Kier molecular flexibility index (Phi) is 11.4. The number of ether oxygens (including phenoxy) is 4. The van der Waals surface area contributed by atoms with Gasteiger partial charge in [-0.25, -0.2) is 4.98 Å². The molecule has 0 amide bonds. The van der Waals surface area contributed by atoms with Gasteiger partial charge in [-0.1, -0.05) is 48.0 Å². The molecule has 0 atom stereocenters. The van der Waals surface area contributed by atoms with E-state index in [0.29, 0.717) is 55.4 Å². The fraction of sp³-hybridized carbons (Fsp3) is 0.405. The standard InChI is InChI=1S/C37H40ClF3N4O4/c1-46-32-20-23(6-7-24(32)21-43-26-11-16-48-17-12-26)35-34(38)29(10-15-42-35)28-4-3-5-30(33(28)37(39,40)41)31-9-8-25(36(45-31)47-2)22-44-27-13-18-49-19-14-27/h3-10,15,20,26-27,43-44H,11-14,16-19,21-22H2,1-2H3. The Hall–Kier alpha value is -3.74. The molecule has 12 heteroatoms. The first kappa shape index (κ1) is 35.1. The van der Waals surface area contributed by atoms with Crippen LogP contribution in [0.25, 0.3) is 33.6 Å². The molecular formula is C37H40ClF3N4O4. The smallest absolute Gasteiger partial charge is 0.417 e. The van der Waals surface area contributed by atoms with Crippen molar-refractivity contribution in [2.24, 2.45) is 0 Å². The summed E-state index contributed by atoms with van der Waals surface area (Å²) in [5.41, 5.74) is 2.02. The molecule has 0 unspecified atom stereocenters. The molecule has 0 aliphatic carbocycles. The highest BCUT2D eigenvalue weighted by atomic mass is 35.5. The predicted molar refractivity (Wildman–Crippen MR) is 183 cm³/mol. The lowest BCUT2D eigenvalue weighted by molar-refractivity contribution is -0.136. The normalized spacial score (nSPS) is 16.1. The van der Waals surface area contributed by atoms with Gasteiger partial charge in [0.2, 0.25) is 5.88 Å². The number of halogens is 4. The van der Waals surface area contributed by atoms with Gasteiger partial charge in [-0.3, -0.25) is 4.98 Å². The zero-order valence-electron chi connectivity index (χ0n) is 27.5. The summed E-state index contributed by atoms with van der Waals surface area (Å²) in [6, 6.07) is 15.5. The van der Waals surface area contributed by atoms with Crippen molar-refractivity contribution >= 4 is 11.6 Å². The van der Waals surface area contributed by atoms with E-state index < -0.39 is 11.7 Å². The number of alkyl halides is 3. The number of rotatable bonds is 11. The summed E-state index contributed by atoms with van der Waals surface area (Å²) in [6.45, 7) is 3.93. The number of hydrogen-bond acceptors (Lipinski definition) is 8. The number of hydrogen-bond donors (Lipinski definition) is 2. The van der Waals surface area contributed by atoms with E-state index in [2.05, 4.69) is 20.6 Å². The molecular weight excluding hydrogens is 657 g/mol. The molecule has 2 N–H and O–H groups in total. The van der Waals surface area contributed by atoms with E-state index in [1.54, 1.807) is 25.3 Å². The van der Waals surface area contributed by atoms with Gasteiger partial charge in [0.1, 0.15) is 5.75 Å². The Bertz CT molecular complexity index is 1740. The maximum absolute atomic E-state index is 15.0. The molecule has 2 aliphatic rings. The average Bonchev–Trinajstić information content (AvgIpc) is 3.13. The van der Waals surface area contributed by atoms with E-state index >= 15 is 13.2 Å². The lowest BCUT2D eigenvalue weighted by atomic mass is 9.92. The minimum Gasteiger partial charge on any atom is -0.496 e. The summed E-state index contributed by atoms with van der Waals surface area (Å²) in [5.74, 6) is 0.893. The van der Waals surface area contributed by atoms with E-state index in [9.17, 15) is 0 Å². The first-order valence-electron chi connectivity index (χ1n) is 16.5. The highest BCUT2D eigenvalue weighted by Crippen LogP contribution is 2.46. The van der Waals surface area contributed by atoms with Crippen LogP contribution in [0, 0.1) is 0 Å². The summed E-state index contributed by atoms with van der Waals surface area (Å²) < 4.78 is 67.1. The predicted octanol–water partition coefficient (Wildman–Crippen LogP) is 7.70. The fourth-order valence-corrected chi connectivity index (χ4v) is 6.75. The molecule has 2 aromatic carbocycles. The van der Waals surface area contributed by atoms with Crippen LogP contribution in [0.3, 0.4) is 0 Å². The third-order valence-electron chi connectivity index (χ3n) is 9.10. The molecule has 2 aliphatic heterocycles. The van der Waals surface area contributed by atoms with Crippen molar-refractivity contribution in [3.63, 3.8) is 0 Å². The van der Waals surface area contributed by atoms with Crippen LogP contribution in [0.15, 0.2) is 60.8 Å². The van der Waals surface area contributed by atoms with Gasteiger partial charge < -0.3 is 29.6 Å². The first-order valence-corrected chi connectivity index (χ1v) is 16.8. The molecule has 8 nitrogen and oxygen atoms in total. The highest BCUT2D eigenvalue weighted by Gasteiger charge is 2.38. The van der Waals surface area contributed by atoms with Crippen molar-refractivity contribution in [1.82, 2.24) is 20.6 Å². The van der Waals surface area contributed by atoms with Crippen LogP contribution in [0.5, 0.6) is 11.6 Å². The third-order valence-corrected chi connectivity index (χ3v) is 9.48. The van der Waals surface area contributed by atoms with Gasteiger partial charge in [0.15, 0.2) is 0 Å². The number of nitrogens with one attached hydrogen (secondary N) is 2. The average molecular weight is 697 g/mol. The Morgan fingerprint density at radius 1 is 0.796 bits per heavy atom. The molecule has 6 rings (SSSR count). The summed E-state index contributed by atoms with van der Waals surface area (Å²) >= 11 is 6.92. The summed E-state index contributed by atoms with van der Waals surface area (Å²) in [7, 11) is 3.05. The number of benzene rings is 2. The van der Waals surface area contributed by atoms with Gasteiger partial charge >= 0.3 is 6.18 Å². The van der Waals surface area contributed by atoms with Gasteiger partial charge in [-0.05, 0) is 49.4 Å².